The fraction of sp³-hybridized carbons (Fsp3) is 0.333. The lowest BCUT2D eigenvalue weighted by molar-refractivity contribution is 0.419. The maximum atomic E-state index is 5.35. The fourth-order valence-corrected chi connectivity index (χ4v) is 1.96. The first-order valence-corrected chi connectivity index (χ1v) is 5.76. The number of benzene rings is 2. The van der Waals surface area contributed by atoms with Gasteiger partial charge in [-0.3, -0.25) is 0 Å². The maximum Gasteiger partial charge on any atom is 0.126 e. The molecule has 2 aromatic carbocycles. The minimum absolute atomic E-state index is 0.958. The highest BCUT2D eigenvalue weighted by Gasteiger charge is 2.03. The third-order valence-electron chi connectivity index (χ3n) is 2.50. The second-order valence-electron chi connectivity index (χ2n) is 3.64. The molecule has 0 saturated heterocycles. The van der Waals surface area contributed by atoms with Crippen molar-refractivity contribution in [2.45, 2.75) is 27.7 Å². The Bertz CT molecular complexity index is 472. The lowest BCUT2D eigenvalue weighted by atomic mass is 10.0. The second kappa shape index (κ2) is 5.55. The smallest absolute Gasteiger partial charge is 0.126 e. The molecule has 0 radical (unpaired) electrons. The molecule has 2 aromatic rings. The molecule has 0 saturated carbocycles. The van der Waals surface area contributed by atoms with E-state index in [1.54, 1.807) is 7.11 Å². The summed E-state index contributed by atoms with van der Waals surface area (Å²) in [4.78, 5) is 0. The highest BCUT2D eigenvalue weighted by molar-refractivity contribution is 5.91. The van der Waals surface area contributed by atoms with Crippen molar-refractivity contribution in [1.29, 1.82) is 0 Å². The third kappa shape index (κ3) is 2.35. The molecule has 0 heterocycles. The van der Waals surface area contributed by atoms with Crippen LogP contribution in [-0.4, -0.2) is 7.11 Å². The van der Waals surface area contributed by atoms with Crippen LogP contribution in [0.15, 0.2) is 30.3 Å². The molecule has 0 amide bonds. The number of aryl methyl sites for hydroxylation is 2. The zero-order chi connectivity index (χ0) is 12.1. The van der Waals surface area contributed by atoms with Gasteiger partial charge in [0.2, 0.25) is 0 Å². The zero-order valence-electron chi connectivity index (χ0n) is 10.8. The van der Waals surface area contributed by atoms with Gasteiger partial charge in [-0.05, 0) is 30.9 Å². The summed E-state index contributed by atoms with van der Waals surface area (Å²) in [6, 6.07) is 10.5. The van der Waals surface area contributed by atoms with Crippen LogP contribution in [0.5, 0.6) is 5.75 Å². The highest BCUT2D eigenvalue weighted by atomic mass is 16.5. The average molecular weight is 216 g/mol. The minimum atomic E-state index is 0.958. The SMILES string of the molecule is CC.COc1cccc2cc(C)cc(C)c12. The quantitative estimate of drug-likeness (QED) is 0.682. The summed E-state index contributed by atoms with van der Waals surface area (Å²) in [6.07, 6.45) is 0. The van der Waals surface area contributed by atoms with Gasteiger partial charge < -0.3 is 4.74 Å². The summed E-state index contributed by atoms with van der Waals surface area (Å²) in [5.74, 6) is 0.958. The van der Waals surface area contributed by atoms with E-state index in [0.717, 1.165) is 5.75 Å². The Balaban J connectivity index is 0.000000606. The Morgan fingerprint density at radius 3 is 2.31 bits per heavy atom. The van der Waals surface area contributed by atoms with Crippen LogP contribution in [0.1, 0.15) is 25.0 Å². The molecule has 0 bridgehead atoms. The molecule has 86 valence electrons. The molecule has 1 heteroatoms. The van der Waals surface area contributed by atoms with E-state index >= 15 is 0 Å². The minimum Gasteiger partial charge on any atom is -0.496 e. The van der Waals surface area contributed by atoms with Gasteiger partial charge in [0.05, 0.1) is 7.11 Å². The summed E-state index contributed by atoms with van der Waals surface area (Å²) in [5.41, 5.74) is 2.57. The molecule has 2 rings (SSSR count). The maximum absolute atomic E-state index is 5.35. The summed E-state index contributed by atoms with van der Waals surface area (Å²) < 4.78 is 5.35. The van der Waals surface area contributed by atoms with Crippen LogP contribution in [0.3, 0.4) is 0 Å². The first-order chi connectivity index (χ1) is 7.72. The van der Waals surface area contributed by atoms with Gasteiger partial charge in [-0.25, -0.2) is 0 Å². The molecule has 0 atom stereocenters. The first-order valence-electron chi connectivity index (χ1n) is 5.76. The molecule has 0 fully saturated rings. The Labute approximate surface area is 98.1 Å². The van der Waals surface area contributed by atoms with Crippen LogP contribution in [0.4, 0.5) is 0 Å². The van der Waals surface area contributed by atoms with Crippen molar-refractivity contribution in [2.24, 2.45) is 0 Å². The summed E-state index contributed by atoms with van der Waals surface area (Å²) >= 11 is 0. The van der Waals surface area contributed by atoms with Gasteiger partial charge in [0, 0.05) is 5.39 Å². The number of fused-ring (bicyclic) bond motifs is 1. The molecule has 0 aromatic heterocycles. The number of rotatable bonds is 1. The molecule has 0 aliphatic carbocycles. The third-order valence-corrected chi connectivity index (χ3v) is 2.50. The fourth-order valence-electron chi connectivity index (χ4n) is 1.96. The van der Waals surface area contributed by atoms with Crippen LogP contribution in [-0.2, 0) is 0 Å². The predicted molar refractivity (Wildman–Crippen MR) is 71.3 cm³/mol. The zero-order valence-corrected chi connectivity index (χ0v) is 10.8. The van der Waals surface area contributed by atoms with Crippen LogP contribution in [0.25, 0.3) is 10.8 Å². The van der Waals surface area contributed by atoms with E-state index in [1.165, 1.54) is 21.9 Å². The topological polar surface area (TPSA) is 9.23 Å². The summed E-state index contributed by atoms with van der Waals surface area (Å²) in [6.45, 7) is 8.24. The Kier molecular flexibility index (Phi) is 4.36. The number of hydrogen-bond acceptors (Lipinski definition) is 1. The molecule has 0 N–H and O–H groups in total. The van der Waals surface area contributed by atoms with E-state index in [2.05, 4.69) is 32.0 Å². The van der Waals surface area contributed by atoms with Gasteiger partial charge in [-0.15, -0.1) is 0 Å². The van der Waals surface area contributed by atoms with Crippen molar-refractivity contribution in [3.05, 3.63) is 41.5 Å². The standard InChI is InChI=1S/C13H14O.C2H6/c1-9-7-10(2)13-11(8-9)5-4-6-12(13)14-3;1-2/h4-8H,1-3H3;1-2H3. The number of methoxy groups -OCH3 is 1. The molecular weight excluding hydrogens is 196 g/mol. The summed E-state index contributed by atoms with van der Waals surface area (Å²) in [7, 11) is 1.72. The van der Waals surface area contributed by atoms with Gasteiger partial charge in [0.1, 0.15) is 5.75 Å². The Morgan fingerprint density at radius 2 is 1.69 bits per heavy atom. The van der Waals surface area contributed by atoms with Crippen LogP contribution in [0.2, 0.25) is 0 Å². The van der Waals surface area contributed by atoms with E-state index in [-0.39, 0.29) is 0 Å². The lowest BCUT2D eigenvalue weighted by Crippen LogP contribution is -1.88. The van der Waals surface area contributed by atoms with Crippen LogP contribution < -0.4 is 4.74 Å². The molecule has 0 unspecified atom stereocenters. The Hall–Kier alpha value is -1.50. The Morgan fingerprint density at radius 1 is 1.00 bits per heavy atom. The molecular formula is C15H20O. The van der Waals surface area contributed by atoms with Crippen LogP contribution in [0, 0.1) is 13.8 Å². The second-order valence-corrected chi connectivity index (χ2v) is 3.64. The lowest BCUT2D eigenvalue weighted by Gasteiger charge is -2.08. The van der Waals surface area contributed by atoms with Gasteiger partial charge in [0.15, 0.2) is 0 Å². The molecule has 0 aliphatic rings. The molecule has 0 aliphatic heterocycles. The van der Waals surface area contributed by atoms with Crippen molar-refractivity contribution in [3.8, 4) is 5.75 Å². The highest BCUT2D eigenvalue weighted by Crippen LogP contribution is 2.29. The monoisotopic (exact) mass is 216 g/mol. The van der Waals surface area contributed by atoms with E-state index in [1.807, 2.05) is 26.0 Å². The van der Waals surface area contributed by atoms with Crippen molar-refractivity contribution < 1.29 is 4.74 Å². The van der Waals surface area contributed by atoms with Crippen molar-refractivity contribution in [3.63, 3.8) is 0 Å². The average Bonchev–Trinajstić information content (AvgIpc) is 2.30. The number of ether oxygens (including phenoxy) is 1. The van der Waals surface area contributed by atoms with Crippen LogP contribution >= 0.6 is 0 Å². The van der Waals surface area contributed by atoms with Gasteiger partial charge >= 0.3 is 0 Å². The summed E-state index contributed by atoms with van der Waals surface area (Å²) in [5, 5.41) is 2.47. The van der Waals surface area contributed by atoms with Gasteiger partial charge in [-0.2, -0.15) is 0 Å². The first kappa shape index (κ1) is 12.6. The normalized spacial score (nSPS) is 9.56. The van der Waals surface area contributed by atoms with E-state index in [4.69, 9.17) is 4.74 Å². The van der Waals surface area contributed by atoms with Crippen molar-refractivity contribution in [1.82, 2.24) is 0 Å². The molecule has 1 nitrogen and oxygen atoms in total. The van der Waals surface area contributed by atoms with E-state index in [0.29, 0.717) is 0 Å². The number of hydrogen-bond donors (Lipinski definition) is 0. The van der Waals surface area contributed by atoms with E-state index < -0.39 is 0 Å². The predicted octanol–water partition coefficient (Wildman–Crippen LogP) is 4.49. The molecule has 0 spiro atoms. The van der Waals surface area contributed by atoms with E-state index in [9.17, 15) is 0 Å². The van der Waals surface area contributed by atoms with Crippen molar-refractivity contribution >= 4 is 10.8 Å². The van der Waals surface area contributed by atoms with Crippen molar-refractivity contribution in [2.75, 3.05) is 7.11 Å². The van der Waals surface area contributed by atoms with Gasteiger partial charge in [-0.1, -0.05) is 43.7 Å². The molecule has 16 heavy (non-hydrogen) atoms. The van der Waals surface area contributed by atoms with Gasteiger partial charge in [0.25, 0.3) is 0 Å². The largest absolute Gasteiger partial charge is 0.496 e.